The molecule has 0 aromatic heterocycles. The molecule has 0 radical (unpaired) electrons. The second-order valence-electron chi connectivity index (χ2n) is 9.15. The first kappa shape index (κ1) is 31.5. The van der Waals surface area contributed by atoms with Crippen molar-refractivity contribution in [2.75, 3.05) is 26.2 Å². The maximum Gasteiger partial charge on any atom is 0.416 e. The minimum absolute atomic E-state index is 0. The minimum Gasteiger partial charge on any atom is -0.351 e. The number of hydrogen-bond acceptors (Lipinski definition) is 5. The van der Waals surface area contributed by atoms with E-state index < -0.39 is 33.7 Å². The highest BCUT2D eigenvalue weighted by Crippen LogP contribution is 2.31. The standard InChI is InChI=1S/C25H31F3N4O4S.ClH/c1-17(2)19-5-3-18(4-6-19)15-30-24(34)22-16-31(23(33)11-12-29)13-14-32(22)37(35,36)21-9-7-20(8-10-21)25(26,27)28;/h3-10,17,22H,11-16,29H2,1-2H3,(H,30,34);1H/t22-;/m1./s1. The predicted molar refractivity (Wildman–Crippen MR) is 139 cm³/mol. The molecule has 1 atom stereocenters. The Hall–Kier alpha value is -2.67. The first-order valence-electron chi connectivity index (χ1n) is 11.9. The van der Waals surface area contributed by atoms with Gasteiger partial charge in [-0.1, -0.05) is 38.1 Å². The average molecular weight is 577 g/mol. The van der Waals surface area contributed by atoms with Gasteiger partial charge in [0.05, 0.1) is 10.5 Å². The third kappa shape index (κ3) is 7.46. The number of benzene rings is 2. The van der Waals surface area contributed by atoms with Crippen LogP contribution in [0, 0.1) is 0 Å². The Morgan fingerprint density at radius 1 is 1.05 bits per heavy atom. The summed E-state index contributed by atoms with van der Waals surface area (Å²) >= 11 is 0. The van der Waals surface area contributed by atoms with Crippen molar-refractivity contribution in [2.24, 2.45) is 5.73 Å². The number of alkyl halides is 3. The Labute approximate surface area is 226 Å². The third-order valence-corrected chi connectivity index (χ3v) is 8.17. The van der Waals surface area contributed by atoms with Gasteiger partial charge in [-0.15, -0.1) is 12.4 Å². The molecule has 38 heavy (non-hydrogen) atoms. The molecule has 2 aromatic carbocycles. The highest BCUT2D eigenvalue weighted by atomic mass is 35.5. The number of halogens is 4. The molecule has 3 N–H and O–H groups in total. The van der Waals surface area contributed by atoms with Gasteiger partial charge in [0.25, 0.3) is 0 Å². The number of nitrogens with zero attached hydrogens (tertiary/aromatic N) is 2. The van der Waals surface area contributed by atoms with Gasteiger partial charge in [-0.3, -0.25) is 9.59 Å². The lowest BCUT2D eigenvalue weighted by molar-refractivity contribution is -0.138. The summed E-state index contributed by atoms with van der Waals surface area (Å²) in [6, 6.07) is 9.47. The van der Waals surface area contributed by atoms with Gasteiger partial charge in [0.15, 0.2) is 0 Å². The minimum atomic E-state index is -4.62. The van der Waals surface area contributed by atoms with Crippen molar-refractivity contribution in [1.29, 1.82) is 0 Å². The molecule has 0 spiro atoms. The summed E-state index contributed by atoms with van der Waals surface area (Å²) in [5, 5.41) is 2.73. The van der Waals surface area contributed by atoms with E-state index in [4.69, 9.17) is 5.73 Å². The molecule has 2 amide bonds. The van der Waals surface area contributed by atoms with Crippen molar-refractivity contribution >= 4 is 34.2 Å². The van der Waals surface area contributed by atoms with Gasteiger partial charge in [0.1, 0.15) is 6.04 Å². The van der Waals surface area contributed by atoms with Gasteiger partial charge in [-0.2, -0.15) is 17.5 Å². The van der Waals surface area contributed by atoms with Gasteiger partial charge in [-0.25, -0.2) is 8.42 Å². The lowest BCUT2D eigenvalue weighted by Crippen LogP contribution is -2.61. The van der Waals surface area contributed by atoms with Gasteiger partial charge < -0.3 is 16.0 Å². The van der Waals surface area contributed by atoms with Crippen molar-refractivity contribution in [3.63, 3.8) is 0 Å². The van der Waals surface area contributed by atoms with Crippen molar-refractivity contribution in [3.8, 4) is 0 Å². The van der Waals surface area contributed by atoms with Crippen LogP contribution in [-0.4, -0.2) is 61.7 Å². The van der Waals surface area contributed by atoms with Crippen molar-refractivity contribution in [2.45, 2.75) is 49.8 Å². The fourth-order valence-corrected chi connectivity index (χ4v) is 5.62. The first-order valence-corrected chi connectivity index (χ1v) is 13.3. The van der Waals surface area contributed by atoms with Crippen LogP contribution in [0.2, 0.25) is 0 Å². The summed E-state index contributed by atoms with van der Waals surface area (Å²) in [5.74, 6) is -0.586. The molecule has 1 aliphatic heterocycles. The van der Waals surface area contributed by atoms with E-state index in [0.717, 1.165) is 27.6 Å². The molecule has 0 saturated carbocycles. The zero-order chi connectivity index (χ0) is 27.4. The summed E-state index contributed by atoms with van der Waals surface area (Å²) in [6.07, 6.45) is -4.57. The first-order chi connectivity index (χ1) is 17.3. The maximum atomic E-state index is 13.4. The number of carbonyl (C=O) groups excluding carboxylic acids is 2. The van der Waals surface area contributed by atoms with Crippen LogP contribution in [0.5, 0.6) is 0 Å². The molecule has 1 aliphatic rings. The van der Waals surface area contributed by atoms with Crippen molar-refractivity contribution in [1.82, 2.24) is 14.5 Å². The number of nitrogens with one attached hydrogen (secondary N) is 1. The Kier molecular flexibility index (Phi) is 10.7. The molecule has 13 heteroatoms. The quantitative estimate of drug-likeness (QED) is 0.501. The van der Waals surface area contributed by atoms with Gasteiger partial charge in [-0.05, 0) is 41.3 Å². The zero-order valence-electron chi connectivity index (χ0n) is 21.1. The molecule has 1 heterocycles. The average Bonchev–Trinajstić information content (AvgIpc) is 2.86. The van der Waals surface area contributed by atoms with Crippen LogP contribution in [0.4, 0.5) is 13.2 Å². The van der Waals surface area contributed by atoms with E-state index >= 15 is 0 Å². The second kappa shape index (κ2) is 12.9. The molecular weight excluding hydrogens is 545 g/mol. The molecule has 3 rings (SSSR count). The normalized spacial score (nSPS) is 16.7. The van der Waals surface area contributed by atoms with E-state index in [1.807, 2.05) is 24.3 Å². The highest BCUT2D eigenvalue weighted by molar-refractivity contribution is 7.89. The van der Waals surface area contributed by atoms with E-state index in [1.54, 1.807) is 0 Å². The summed E-state index contributed by atoms with van der Waals surface area (Å²) in [6.45, 7) is 3.99. The van der Waals surface area contributed by atoms with E-state index in [9.17, 15) is 31.2 Å². The highest BCUT2D eigenvalue weighted by Gasteiger charge is 2.41. The molecule has 1 saturated heterocycles. The number of rotatable bonds is 8. The number of hydrogen-bond donors (Lipinski definition) is 2. The Morgan fingerprint density at radius 2 is 1.66 bits per heavy atom. The fraction of sp³-hybridized carbons (Fsp3) is 0.440. The molecule has 0 aliphatic carbocycles. The van der Waals surface area contributed by atoms with Crippen molar-refractivity contribution < 1.29 is 31.2 Å². The van der Waals surface area contributed by atoms with E-state index in [0.29, 0.717) is 18.1 Å². The summed E-state index contributed by atoms with van der Waals surface area (Å²) in [5.41, 5.74) is 6.43. The van der Waals surface area contributed by atoms with E-state index in [2.05, 4.69) is 19.2 Å². The van der Waals surface area contributed by atoms with Crippen LogP contribution in [-0.2, 0) is 32.3 Å². The topological polar surface area (TPSA) is 113 Å². The monoisotopic (exact) mass is 576 g/mol. The maximum absolute atomic E-state index is 13.4. The Bertz CT molecular complexity index is 1210. The molecule has 8 nitrogen and oxygen atoms in total. The third-order valence-electron chi connectivity index (χ3n) is 6.25. The summed E-state index contributed by atoms with van der Waals surface area (Å²) < 4.78 is 66.5. The Morgan fingerprint density at radius 3 is 2.18 bits per heavy atom. The van der Waals surface area contributed by atoms with Crippen LogP contribution >= 0.6 is 12.4 Å². The van der Waals surface area contributed by atoms with Crippen LogP contribution in [0.15, 0.2) is 53.4 Å². The van der Waals surface area contributed by atoms with Crippen molar-refractivity contribution in [3.05, 3.63) is 65.2 Å². The molecule has 210 valence electrons. The molecule has 0 bridgehead atoms. The number of carbonyl (C=O) groups is 2. The van der Waals surface area contributed by atoms with Crippen LogP contribution in [0.1, 0.15) is 42.9 Å². The molecular formula is C25H32ClF3N4O4S. The lowest BCUT2D eigenvalue weighted by atomic mass is 10.0. The molecule has 0 unspecified atom stereocenters. The van der Waals surface area contributed by atoms with Crippen LogP contribution in [0.3, 0.4) is 0 Å². The number of sulfonamides is 1. The Balaban J connectivity index is 0.00000507. The summed E-state index contributed by atoms with van der Waals surface area (Å²) in [7, 11) is -4.34. The van der Waals surface area contributed by atoms with Gasteiger partial charge in [0.2, 0.25) is 21.8 Å². The SMILES string of the molecule is CC(C)c1ccc(CNC(=O)[C@H]2CN(C(=O)CCN)CCN2S(=O)(=O)c2ccc(C(F)(F)F)cc2)cc1.Cl. The number of amides is 2. The van der Waals surface area contributed by atoms with Crippen LogP contribution < -0.4 is 11.1 Å². The van der Waals surface area contributed by atoms with Crippen LogP contribution in [0.25, 0.3) is 0 Å². The van der Waals surface area contributed by atoms with E-state index in [1.165, 1.54) is 4.90 Å². The number of piperazine rings is 1. The van der Waals surface area contributed by atoms with Gasteiger partial charge in [0, 0.05) is 39.1 Å². The fourth-order valence-electron chi connectivity index (χ4n) is 4.05. The largest absolute Gasteiger partial charge is 0.416 e. The van der Waals surface area contributed by atoms with Gasteiger partial charge >= 0.3 is 6.18 Å². The predicted octanol–water partition coefficient (Wildman–Crippen LogP) is 3.12. The zero-order valence-corrected chi connectivity index (χ0v) is 22.7. The molecule has 1 fully saturated rings. The molecule has 2 aromatic rings. The lowest BCUT2D eigenvalue weighted by Gasteiger charge is -2.39. The van der Waals surface area contributed by atoms with E-state index in [-0.39, 0.29) is 62.4 Å². The second-order valence-corrected chi connectivity index (χ2v) is 11.0. The number of nitrogens with two attached hydrogens (primary N) is 1. The smallest absolute Gasteiger partial charge is 0.351 e. The summed E-state index contributed by atoms with van der Waals surface area (Å²) in [4.78, 5) is 26.7.